The molecule has 5 rings (SSSR count). The van der Waals surface area contributed by atoms with Crippen molar-refractivity contribution in [3.63, 3.8) is 0 Å². The molecule has 0 unspecified atom stereocenters. The number of aliphatic hydroxyl groups excluding tert-OH is 1. The Morgan fingerprint density at radius 2 is 1.79 bits per heavy atom. The van der Waals surface area contributed by atoms with Crippen LogP contribution in [-0.2, 0) is 6.42 Å². The van der Waals surface area contributed by atoms with E-state index in [0.29, 0.717) is 28.2 Å². The number of methoxy groups -OCH3 is 1. The van der Waals surface area contributed by atoms with Gasteiger partial charge in [0.15, 0.2) is 17.3 Å². The van der Waals surface area contributed by atoms with E-state index >= 15 is 0 Å². The highest BCUT2D eigenvalue weighted by atomic mass is 16.5. The molecule has 2 aliphatic heterocycles. The van der Waals surface area contributed by atoms with E-state index in [1.807, 2.05) is 26.0 Å². The van der Waals surface area contributed by atoms with Crippen molar-refractivity contribution < 1.29 is 33.9 Å². The molecule has 2 aromatic carbocycles. The van der Waals surface area contributed by atoms with E-state index in [2.05, 4.69) is 0 Å². The summed E-state index contributed by atoms with van der Waals surface area (Å²) in [6.45, 7) is 7.23. The predicted molar refractivity (Wildman–Crippen MR) is 126 cm³/mol. The van der Waals surface area contributed by atoms with Gasteiger partial charge in [-0.2, -0.15) is 0 Å². The number of aliphatic hydroxyl groups is 1. The summed E-state index contributed by atoms with van der Waals surface area (Å²) in [5.74, 6) is 0.169. The average Bonchev–Trinajstić information content (AvgIpc) is 2.74. The Balaban J connectivity index is 1.79. The molecule has 3 aromatic rings. The van der Waals surface area contributed by atoms with Crippen LogP contribution >= 0.6 is 0 Å². The molecule has 0 saturated carbocycles. The van der Waals surface area contributed by atoms with Crippen molar-refractivity contribution in [1.82, 2.24) is 0 Å². The van der Waals surface area contributed by atoms with Crippen LogP contribution in [0, 0.1) is 0 Å². The molecule has 0 aliphatic carbocycles. The Morgan fingerprint density at radius 3 is 2.50 bits per heavy atom. The second kappa shape index (κ2) is 7.17. The fourth-order valence-electron chi connectivity index (χ4n) is 4.40. The van der Waals surface area contributed by atoms with Gasteiger partial charge in [0.25, 0.3) is 0 Å². The number of rotatable bonds is 2. The van der Waals surface area contributed by atoms with Gasteiger partial charge in [-0.15, -0.1) is 0 Å². The van der Waals surface area contributed by atoms with E-state index < -0.39 is 22.7 Å². The number of hydrogen-bond acceptors (Lipinski definition) is 8. The number of phenols is 2. The number of phenolic OH excluding ortho intramolecular Hbond substituents is 2. The molecule has 1 atom stereocenters. The molecule has 178 valence electrons. The Hall–Kier alpha value is -3.65. The van der Waals surface area contributed by atoms with Crippen molar-refractivity contribution in [2.75, 3.05) is 7.11 Å². The molecule has 2 aliphatic rings. The van der Waals surface area contributed by atoms with Gasteiger partial charge in [0.05, 0.1) is 13.2 Å². The van der Waals surface area contributed by atoms with Gasteiger partial charge in [0, 0.05) is 29.2 Å². The largest absolute Gasteiger partial charge is 0.507 e. The normalized spacial score (nSPS) is 19.6. The van der Waals surface area contributed by atoms with Gasteiger partial charge in [-0.05, 0) is 45.9 Å². The summed E-state index contributed by atoms with van der Waals surface area (Å²) < 4.78 is 23.3. The van der Waals surface area contributed by atoms with Crippen LogP contribution in [0.25, 0.3) is 28.4 Å². The molecule has 0 bridgehead atoms. The van der Waals surface area contributed by atoms with Crippen molar-refractivity contribution in [1.29, 1.82) is 0 Å². The van der Waals surface area contributed by atoms with Crippen LogP contribution in [0.5, 0.6) is 28.7 Å². The molecule has 0 spiro atoms. The Morgan fingerprint density at radius 1 is 1.06 bits per heavy atom. The van der Waals surface area contributed by atoms with Gasteiger partial charge in [-0.3, -0.25) is 4.79 Å². The lowest BCUT2D eigenvalue weighted by molar-refractivity contribution is -0.0410. The monoisotopic (exact) mass is 466 g/mol. The zero-order valence-corrected chi connectivity index (χ0v) is 19.6. The average molecular weight is 466 g/mol. The van der Waals surface area contributed by atoms with E-state index in [0.717, 1.165) is 0 Å². The first-order valence-electron chi connectivity index (χ1n) is 10.9. The molecule has 0 saturated heterocycles. The summed E-state index contributed by atoms with van der Waals surface area (Å²) >= 11 is 0. The molecular formula is C26H26O8. The van der Waals surface area contributed by atoms with Gasteiger partial charge in [0.1, 0.15) is 33.7 Å². The van der Waals surface area contributed by atoms with Crippen LogP contribution < -0.4 is 19.6 Å². The second-order valence-electron chi connectivity index (χ2n) is 9.75. The quantitative estimate of drug-likeness (QED) is 0.516. The summed E-state index contributed by atoms with van der Waals surface area (Å²) in [5.41, 5.74) is -0.489. The van der Waals surface area contributed by atoms with E-state index in [1.54, 1.807) is 19.9 Å². The lowest BCUT2D eigenvalue weighted by atomic mass is 9.90. The topological polar surface area (TPSA) is 119 Å². The standard InChI is InChI=1S/C26H26O8/c1-25(2)7-6-12-8-13(9-16(28)21(12)34-25)22-24(31-5)20(30)19-15(27)11-17-14(23(19)32-22)10-18(29)26(3,4)33-17/h6-9,11,18,27-29H,10H2,1-5H3/t18-/m0/s1. The lowest BCUT2D eigenvalue weighted by Crippen LogP contribution is -2.46. The Bertz CT molecular complexity index is 1430. The zero-order valence-electron chi connectivity index (χ0n) is 19.6. The molecule has 0 fully saturated rings. The number of aromatic hydroxyl groups is 2. The lowest BCUT2D eigenvalue weighted by Gasteiger charge is -2.37. The fourth-order valence-corrected chi connectivity index (χ4v) is 4.40. The first kappa shape index (κ1) is 22.2. The molecule has 3 N–H and O–H groups in total. The highest BCUT2D eigenvalue weighted by molar-refractivity contribution is 5.91. The molecule has 34 heavy (non-hydrogen) atoms. The van der Waals surface area contributed by atoms with E-state index in [1.165, 1.54) is 19.2 Å². The van der Waals surface area contributed by atoms with Crippen LogP contribution in [0.1, 0.15) is 38.8 Å². The maximum absolute atomic E-state index is 13.4. The summed E-state index contributed by atoms with van der Waals surface area (Å²) in [6.07, 6.45) is 2.99. The van der Waals surface area contributed by atoms with E-state index in [4.69, 9.17) is 18.6 Å². The van der Waals surface area contributed by atoms with Crippen molar-refractivity contribution >= 4 is 17.0 Å². The summed E-state index contributed by atoms with van der Waals surface area (Å²) in [4.78, 5) is 13.4. The molecule has 8 heteroatoms. The highest BCUT2D eigenvalue weighted by Crippen LogP contribution is 2.46. The first-order chi connectivity index (χ1) is 15.9. The van der Waals surface area contributed by atoms with Gasteiger partial charge in [-0.25, -0.2) is 0 Å². The number of benzene rings is 2. The molecule has 3 heterocycles. The van der Waals surface area contributed by atoms with Crippen LogP contribution in [0.4, 0.5) is 0 Å². The molecule has 1 aromatic heterocycles. The summed E-state index contributed by atoms with van der Waals surface area (Å²) in [7, 11) is 1.33. The van der Waals surface area contributed by atoms with Crippen LogP contribution in [0.2, 0.25) is 0 Å². The van der Waals surface area contributed by atoms with Crippen molar-refractivity contribution in [2.45, 2.75) is 51.4 Å². The first-order valence-corrected chi connectivity index (χ1v) is 10.9. The Kier molecular flexibility index (Phi) is 4.67. The van der Waals surface area contributed by atoms with E-state index in [-0.39, 0.29) is 40.4 Å². The highest BCUT2D eigenvalue weighted by Gasteiger charge is 2.38. The van der Waals surface area contributed by atoms with Crippen LogP contribution in [0.15, 0.2) is 33.5 Å². The minimum Gasteiger partial charge on any atom is -0.507 e. The molecular weight excluding hydrogens is 440 g/mol. The molecule has 0 amide bonds. The number of ether oxygens (including phenoxy) is 3. The zero-order chi connectivity index (χ0) is 24.6. The smallest absolute Gasteiger partial charge is 0.239 e. The van der Waals surface area contributed by atoms with Crippen molar-refractivity contribution in [2.24, 2.45) is 0 Å². The fraction of sp³-hybridized carbons (Fsp3) is 0.346. The third-order valence-corrected chi connectivity index (χ3v) is 6.33. The maximum atomic E-state index is 13.4. The van der Waals surface area contributed by atoms with Crippen LogP contribution in [-0.4, -0.2) is 39.7 Å². The number of hydrogen-bond donors (Lipinski definition) is 3. The molecule has 8 nitrogen and oxygen atoms in total. The summed E-state index contributed by atoms with van der Waals surface area (Å²) in [6, 6.07) is 4.51. The third-order valence-electron chi connectivity index (χ3n) is 6.33. The predicted octanol–water partition coefficient (Wildman–Crippen LogP) is 4.14. The minimum atomic E-state index is -0.882. The van der Waals surface area contributed by atoms with Gasteiger partial charge in [0.2, 0.25) is 11.2 Å². The second-order valence-corrected chi connectivity index (χ2v) is 9.75. The summed E-state index contributed by atoms with van der Waals surface area (Å²) in [5, 5.41) is 31.9. The minimum absolute atomic E-state index is 0.0676. The SMILES string of the molecule is COc1c(-c2cc(O)c3c(c2)C=CC(C)(C)O3)oc2c3c(cc(O)c2c1=O)OC(C)(C)[C@@H](O)C3. The van der Waals surface area contributed by atoms with Crippen molar-refractivity contribution in [3.8, 4) is 40.1 Å². The van der Waals surface area contributed by atoms with Gasteiger partial charge in [-0.1, -0.05) is 6.08 Å². The number of fused-ring (bicyclic) bond motifs is 4. The third kappa shape index (κ3) is 3.28. The van der Waals surface area contributed by atoms with Crippen LogP contribution in [0.3, 0.4) is 0 Å². The van der Waals surface area contributed by atoms with Crippen molar-refractivity contribution in [3.05, 3.63) is 45.6 Å². The maximum Gasteiger partial charge on any atom is 0.239 e. The van der Waals surface area contributed by atoms with Gasteiger partial charge < -0.3 is 33.9 Å². The van der Waals surface area contributed by atoms with E-state index in [9.17, 15) is 20.1 Å². The molecule has 0 radical (unpaired) electrons. The van der Waals surface area contributed by atoms with Gasteiger partial charge >= 0.3 is 0 Å². The Labute approximate surface area is 195 Å².